The van der Waals surface area contributed by atoms with Crippen molar-refractivity contribution in [2.45, 2.75) is 12.8 Å². The molecule has 3 aromatic rings. The van der Waals surface area contributed by atoms with Gasteiger partial charge in [0.2, 0.25) is 0 Å². The number of nitrogens with zero attached hydrogens (tertiary/aromatic N) is 3. The Morgan fingerprint density at radius 1 is 1.27 bits per heavy atom. The Morgan fingerprint density at radius 3 is 3.00 bits per heavy atom. The summed E-state index contributed by atoms with van der Waals surface area (Å²) in [6.45, 7) is 0.567. The first-order valence-electron chi connectivity index (χ1n) is 6.92. The number of hydrogen-bond donors (Lipinski definition) is 2. The number of amides is 1. The van der Waals surface area contributed by atoms with Crippen molar-refractivity contribution in [3.05, 3.63) is 52.7 Å². The number of aromatic nitrogens is 4. The van der Waals surface area contributed by atoms with Gasteiger partial charge >= 0.3 is 0 Å². The van der Waals surface area contributed by atoms with Crippen LogP contribution in [0.3, 0.4) is 0 Å². The summed E-state index contributed by atoms with van der Waals surface area (Å²) >= 11 is 3.41. The van der Waals surface area contributed by atoms with Crippen molar-refractivity contribution in [2.24, 2.45) is 0 Å². The highest BCUT2D eigenvalue weighted by Gasteiger charge is 2.09. The van der Waals surface area contributed by atoms with Gasteiger partial charge in [0.15, 0.2) is 5.69 Å². The molecular formula is C15H14BrN5O. The summed E-state index contributed by atoms with van der Waals surface area (Å²) in [6, 6.07) is 7.41. The third kappa shape index (κ3) is 3.48. The van der Waals surface area contributed by atoms with Crippen LogP contribution in [0.2, 0.25) is 0 Å². The van der Waals surface area contributed by atoms with Gasteiger partial charge < -0.3 is 10.3 Å². The van der Waals surface area contributed by atoms with E-state index >= 15 is 0 Å². The second-order valence-electron chi connectivity index (χ2n) is 4.83. The van der Waals surface area contributed by atoms with E-state index in [2.05, 4.69) is 41.4 Å². The lowest BCUT2D eigenvalue weighted by atomic mass is 10.2. The predicted molar refractivity (Wildman–Crippen MR) is 86.5 cm³/mol. The van der Waals surface area contributed by atoms with Crippen molar-refractivity contribution in [3.8, 4) is 0 Å². The number of imidazole rings is 1. The minimum absolute atomic E-state index is 0.214. The van der Waals surface area contributed by atoms with Crippen LogP contribution in [-0.2, 0) is 6.42 Å². The van der Waals surface area contributed by atoms with E-state index in [1.54, 1.807) is 18.5 Å². The number of nitrogens with one attached hydrogen (secondary N) is 2. The number of fused-ring (bicyclic) bond motifs is 1. The number of carbonyl (C=O) groups excluding carboxylic acids is 1. The molecule has 0 saturated heterocycles. The fourth-order valence-corrected chi connectivity index (χ4v) is 2.49. The van der Waals surface area contributed by atoms with E-state index in [-0.39, 0.29) is 5.91 Å². The average Bonchev–Trinajstić information content (AvgIpc) is 3.04. The van der Waals surface area contributed by atoms with E-state index in [0.717, 1.165) is 34.0 Å². The van der Waals surface area contributed by atoms with Crippen LogP contribution in [0.15, 0.2) is 41.1 Å². The summed E-state index contributed by atoms with van der Waals surface area (Å²) in [5.41, 5.74) is 1.08. The maximum atomic E-state index is 12.1. The summed E-state index contributed by atoms with van der Waals surface area (Å²) in [7, 11) is 0. The lowest BCUT2D eigenvalue weighted by Crippen LogP contribution is -2.26. The Morgan fingerprint density at radius 2 is 2.18 bits per heavy atom. The second kappa shape index (κ2) is 6.65. The molecule has 0 aliphatic carbocycles. The molecule has 7 heteroatoms. The molecule has 1 aromatic carbocycles. The Kier molecular flexibility index (Phi) is 4.43. The van der Waals surface area contributed by atoms with Crippen LogP contribution in [0.5, 0.6) is 0 Å². The first-order valence-corrected chi connectivity index (χ1v) is 7.71. The predicted octanol–water partition coefficient (Wildman–Crippen LogP) is 2.48. The number of H-pyrrole nitrogens is 1. The number of halogens is 1. The van der Waals surface area contributed by atoms with Crippen molar-refractivity contribution in [2.75, 3.05) is 6.54 Å². The number of aromatic amines is 1. The lowest BCUT2D eigenvalue weighted by molar-refractivity contribution is 0.0947. The summed E-state index contributed by atoms with van der Waals surface area (Å²) in [6.07, 6.45) is 5.11. The van der Waals surface area contributed by atoms with Gasteiger partial charge in [-0.05, 0) is 30.7 Å². The maximum absolute atomic E-state index is 12.1. The Bertz CT molecular complexity index is 788. The van der Waals surface area contributed by atoms with E-state index < -0.39 is 0 Å². The third-order valence-electron chi connectivity index (χ3n) is 3.21. The molecule has 0 atom stereocenters. The van der Waals surface area contributed by atoms with Gasteiger partial charge in [-0.2, -0.15) is 0 Å². The molecule has 2 N–H and O–H groups in total. The normalized spacial score (nSPS) is 10.8. The lowest BCUT2D eigenvalue weighted by Gasteiger charge is -2.04. The van der Waals surface area contributed by atoms with Gasteiger partial charge in [0.1, 0.15) is 5.82 Å². The summed E-state index contributed by atoms with van der Waals surface area (Å²) in [5.74, 6) is 0.707. The van der Waals surface area contributed by atoms with E-state index in [1.807, 2.05) is 18.2 Å². The first-order chi connectivity index (χ1) is 10.7. The number of rotatable bonds is 5. The van der Waals surface area contributed by atoms with Gasteiger partial charge in [0.05, 0.1) is 5.52 Å². The topological polar surface area (TPSA) is 83.6 Å². The van der Waals surface area contributed by atoms with E-state index in [1.165, 1.54) is 0 Å². The second-order valence-corrected chi connectivity index (χ2v) is 5.74. The van der Waals surface area contributed by atoms with E-state index in [0.29, 0.717) is 12.2 Å². The van der Waals surface area contributed by atoms with Crippen LogP contribution in [0.4, 0.5) is 0 Å². The molecule has 6 nitrogen and oxygen atoms in total. The van der Waals surface area contributed by atoms with E-state index in [9.17, 15) is 4.79 Å². The van der Waals surface area contributed by atoms with Crippen molar-refractivity contribution in [3.63, 3.8) is 0 Å². The minimum Gasteiger partial charge on any atom is -0.351 e. The Labute approximate surface area is 135 Å². The molecule has 2 aromatic heterocycles. The molecule has 0 aliphatic heterocycles. The molecule has 0 unspecified atom stereocenters. The molecule has 22 heavy (non-hydrogen) atoms. The van der Waals surface area contributed by atoms with Crippen LogP contribution in [-0.4, -0.2) is 32.6 Å². The van der Waals surface area contributed by atoms with Gasteiger partial charge in [-0.3, -0.25) is 4.79 Å². The highest BCUT2D eigenvalue weighted by Crippen LogP contribution is 2.18. The van der Waals surface area contributed by atoms with Crippen LogP contribution in [0.25, 0.3) is 10.9 Å². The Hall–Kier alpha value is -2.28. The highest BCUT2D eigenvalue weighted by molar-refractivity contribution is 9.10. The number of benzene rings is 1. The molecule has 0 fully saturated rings. The van der Waals surface area contributed by atoms with Crippen molar-refractivity contribution >= 4 is 32.7 Å². The summed E-state index contributed by atoms with van der Waals surface area (Å²) in [4.78, 5) is 19.3. The summed E-state index contributed by atoms with van der Waals surface area (Å²) in [5, 5.41) is 11.8. The molecule has 0 radical (unpaired) electrons. The van der Waals surface area contributed by atoms with Gasteiger partial charge in [-0.1, -0.05) is 15.9 Å². The zero-order valence-electron chi connectivity index (χ0n) is 11.7. The average molecular weight is 360 g/mol. The van der Waals surface area contributed by atoms with Crippen molar-refractivity contribution in [1.82, 2.24) is 25.5 Å². The fraction of sp³-hybridized carbons (Fsp3) is 0.200. The van der Waals surface area contributed by atoms with Crippen LogP contribution in [0, 0.1) is 0 Å². The van der Waals surface area contributed by atoms with Crippen molar-refractivity contribution < 1.29 is 4.79 Å². The minimum atomic E-state index is -0.214. The molecular weight excluding hydrogens is 346 g/mol. The first kappa shape index (κ1) is 14.6. The molecule has 2 heterocycles. The SMILES string of the molecule is O=C(NCCCc1ncc[nH]1)c1cc2cc(Br)ccc2nn1. The molecule has 0 spiro atoms. The Balaban J connectivity index is 1.59. The van der Waals surface area contributed by atoms with Gasteiger partial charge in [0.25, 0.3) is 5.91 Å². The number of hydrogen-bond acceptors (Lipinski definition) is 4. The molecule has 0 saturated carbocycles. The van der Waals surface area contributed by atoms with Crippen LogP contribution in [0.1, 0.15) is 22.7 Å². The van der Waals surface area contributed by atoms with Crippen molar-refractivity contribution in [1.29, 1.82) is 0 Å². The zero-order chi connectivity index (χ0) is 15.4. The van der Waals surface area contributed by atoms with Gasteiger partial charge in [-0.15, -0.1) is 10.2 Å². The fourth-order valence-electron chi connectivity index (χ4n) is 2.11. The van der Waals surface area contributed by atoms with Gasteiger partial charge in [-0.25, -0.2) is 4.98 Å². The van der Waals surface area contributed by atoms with Crippen LogP contribution >= 0.6 is 15.9 Å². The van der Waals surface area contributed by atoms with Gasteiger partial charge in [0, 0.05) is 35.2 Å². The largest absolute Gasteiger partial charge is 0.351 e. The monoisotopic (exact) mass is 359 g/mol. The maximum Gasteiger partial charge on any atom is 0.271 e. The van der Waals surface area contributed by atoms with E-state index in [4.69, 9.17) is 0 Å². The molecule has 1 amide bonds. The number of carbonyl (C=O) groups is 1. The van der Waals surface area contributed by atoms with Crippen LogP contribution < -0.4 is 5.32 Å². The number of aryl methyl sites for hydroxylation is 1. The zero-order valence-corrected chi connectivity index (χ0v) is 13.3. The smallest absolute Gasteiger partial charge is 0.271 e. The molecule has 112 valence electrons. The third-order valence-corrected chi connectivity index (χ3v) is 3.70. The molecule has 0 bridgehead atoms. The quantitative estimate of drug-likeness (QED) is 0.685. The standard InChI is InChI=1S/C15H14BrN5O/c16-11-3-4-12-10(8-11)9-13(21-20-12)15(22)19-5-1-2-14-17-6-7-18-14/h3-4,6-9H,1-2,5H2,(H,17,18)(H,19,22). The highest BCUT2D eigenvalue weighted by atomic mass is 79.9. The molecule has 0 aliphatic rings. The molecule has 3 rings (SSSR count). The summed E-state index contributed by atoms with van der Waals surface area (Å²) < 4.78 is 0.942.